The lowest BCUT2D eigenvalue weighted by Gasteiger charge is -2.43. The summed E-state index contributed by atoms with van der Waals surface area (Å²) in [5, 5.41) is 3.16. The number of halogens is 1. The predicted molar refractivity (Wildman–Crippen MR) is 144 cm³/mol. The third-order valence-corrected chi connectivity index (χ3v) is 12.3. The first kappa shape index (κ1) is 24.5. The minimum atomic E-state index is -2.66. The van der Waals surface area contributed by atoms with Gasteiger partial charge in [0.05, 0.1) is 17.7 Å². The molecule has 0 bridgehead atoms. The lowest BCUT2D eigenvalue weighted by molar-refractivity contribution is -0.148. The van der Waals surface area contributed by atoms with E-state index in [2.05, 4.69) is 92.1 Å². The molecule has 0 radical (unpaired) electrons. The van der Waals surface area contributed by atoms with Crippen molar-refractivity contribution in [3.63, 3.8) is 0 Å². The molecule has 3 atom stereocenters. The summed E-state index contributed by atoms with van der Waals surface area (Å²) in [5.74, 6) is -0.651. The van der Waals surface area contributed by atoms with Crippen molar-refractivity contribution in [2.24, 2.45) is 0 Å². The molecule has 0 spiro atoms. The maximum absolute atomic E-state index is 7.22. The van der Waals surface area contributed by atoms with Crippen molar-refractivity contribution >= 4 is 30.3 Å². The van der Waals surface area contributed by atoms with Crippen molar-refractivity contribution in [2.75, 3.05) is 6.61 Å². The van der Waals surface area contributed by atoms with Gasteiger partial charge in [-0.15, -0.1) is 0 Å². The van der Waals surface area contributed by atoms with Crippen LogP contribution in [0.4, 0.5) is 0 Å². The number of hydrogen-bond acceptors (Lipinski definition) is 3. The Kier molecular flexibility index (Phi) is 6.35. The van der Waals surface area contributed by atoms with E-state index in [1.54, 1.807) is 0 Å². The zero-order valence-electron chi connectivity index (χ0n) is 21.1. The second kappa shape index (κ2) is 9.06. The fourth-order valence-corrected chi connectivity index (χ4v) is 10.4. The summed E-state index contributed by atoms with van der Waals surface area (Å²) in [6.07, 6.45) is 5.92. The van der Waals surface area contributed by atoms with E-state index in [1.807, 2.05) is 32.3 Å². The van der Waals surface area contributed by atoms with Crippen LogP contribution in [-0.2, 0) is 13.9 Å². The Balaban J connectivity index is 1.54. The number of rotatable bonds is 6. The van der Waals surface area contributed by atoms with Crippen LogP contribution in [0.3, 0.4) is 0 Å². The first-order valence-corrected chi connectivity index (χ1v) is 14.5. The average Bonchev–Trinajstić information content (AvgIpc) is 3.47. The third kappa shape index (κ3) is 4.45. The maximum atomic E-state index is 7.22. The molecule has 1 saturated heterocycles. The van der Waals surface area contributed by atoms with Crippen LogP contribution in [0.25, 0.3) is 0 Å². The predicted octanol–water partition coefficient (Wildman–Crippen LogP) is 5.72. The largest absolute Gasteiger partial charge is 0.403 e. The van der Waals surface area contributed by atoms with Crippen LogP contribution in [0.15, 0.2) is 90.8 Å². The van der Waals surface area contributed by atoms with Crippen molar-refractivity contribution in [1.82, 2.24) is 4.57 Å². The van der Waals surface area contributed by atoms with Gasteiger partial charge in [-0.05, 0) is 40.9 Å². The molecular formula is C29H34ClNO3Si. The maximum Gasteiger partial charge on any atom is 0.261 e. The Morgan fingerprint density at radius 1 is 0.943 bits per heavy atom. The van der Waals surface area contributed by atoms with E-state index in [1.165, 1.54) is 10.4 Å². The first-order valence-electron chi connectivity index (χ1n) is 12.2. The highest BCUT2D eigenvalue weighted by Crippen LogP contribution is 2.45. The quantitative estimate of drug-likeness (QED) is 0.316. The Hall–Kier alpha value is -2.15. The summed E-state index contributed by atoms with van der Waals surface area (Å²) in [7, 11) is -2.66. The molecule has 184 valence electrons. The van der Waals surface area contributed by atoms with E-state index in [9.17, 15) is 0 Å². The van der Waals surface area contributed by atoms with Crippen molar-refractivity contribution in [2.45, 2.75) is 63.7 Å². The topological polar surface area (TPSA) is 32.6 Å². The van der Waals surface area contributed by atoms with E-state index in [0.717, 1.165) is 5.57 Å². The molecule has 0 unspecified atom stereocenters. The molecule has 4 nitrogen and oxygen atoms in total. The molecule has 1 aliphatic heterocycles. The molecule has 5 rings (SSSR count). The van der Waals surface area contributed by atoms with Crippen LogP contribution in [0.2, 0.25) is 10.1 Å². The highest BCUT2D eigenvalue weighted by Gasteiger charge is 2.53. The third-order valence-electron chi connectivity index (χ3n) is 7.11. The van der Waals surface area contributed by atoms with Gasteiger partial charge >= 0.3 is 0 Å². The first-order chi connectivity index (χ1) is 16.6. The van der Waals surface area contributed by atoms with Gasteiger partial charge in [-0.2, -0.15) is 0 Å². The van der Waals surface area contributed by atoms with E-state index < -0.39 is 14.1 Å². The van der Waals surface area contributed by atoms with Crippen molar-refractivity contribution < 1.29 is 13.9 Å². The Bertz CT molecular complexity index is 1160. The van der Waals surface area contributed by atoms with Crippen LogP contribution >= 0.6 is 11.6 Å². The molecule has 6 heteroatoms. The van der Waals surface area contributed by atoms with Gasteiger partial charge in [-0.3, -0.25) is 0 Å². The Morgan fingerprint density at radius 3 is 2.06 bits per heavy atom. The van der Waals surface area contributed by atoms with Crippen LogP contribution in [0.1, 0.15) is 40.7 Å². The fourth-order valence-electron chi connectivity index (χ4n) is 5.64. The number of fused-ring (bicyclic) bond motifs is 1. The Morgan fingerprint density at radius 2 is 1.54 bits per heavy atom. The molecule has 0 saturated carbocycles. The molecule has 2 aliphatic rings. The van der Waals surface area contributed by atoms with E-state index in [-0.39, 0.29) is 23.3 Å². The van der Waals surface area contributed by atoms with Gasteiger partial charge in [-0.1, -0.05) is 99.1 Å². The molecule has 3 aromatic rings. The van der Waals surface area contributed by atoms with Gasteiger partial charge in [0.25, 0.3) is 8.32 Å². The molecule has 1 aromatic heterocycles. The van der Waals surface area contributed by atoms with Gasteiger partial charge in [0.15, 0.2) is 5.79 Å². The van der Waals surface area contributed by atoms with Gasteiger partial charge < -0.3 is 18.5 Å². The van der Waals surface area contributed by atoms with Crippen LogP contribution in [0.5, 0.6) is 0 Å². The molecule has 2 heterocycles. The summed E-state index contributed by atoms with van der Waals surface area (Å²) in [4.78, 5) is 0. The summed E-state index contributed by atoms with van der Waals surface area (Å²) in [6, 6.07) is 23.4. The van der Waals surface area contributed by atoms with Crippen molar-refractivity contribution in [3.05, 3.63) is 95.8 Å². The summed E-state index contributed by atoms with van der Waals surface area (Å²) < 4.78 is 22.1. The number of nitrogens with zero attached hydrogens (tertiary/aromatic N) is 1. The van der Waals surface area contributed by atoms with Crippen LogP contribution in [-0.4, -0.2) is 37.5 Å². The second-order valence-electron chi connectivity index (χ2n) is 11.0. The molecule has 0 N–H and O–H groups in total. The minimum Gasteiger partial charge on any atom is -0.403 e. The van der Waals surface area contributed by atoms with Gasteiger partial charge in [-0.25, -0.2) is 0 Å². The minimum absolute atomic E-state index is 0.00651. The number of aromatic nitrogens is 1. The molecule has 2 aromatic carbocycles. The van der Waals surface area contributed by atoms with E-state index in [4.69, 9.17) is 25.5 Å². The molecule has 0 amide bonds. The number of hydrogen-bond donors (Lipinski definition) is 0. The molecule has 1 aliphatic carbocycles. The highest BCUT2D eigenvalue weighted by atomic mass is 35.5. The smallest absolute Gasteiger partial charge is 0.261 e. The Labute approximate surface area is 214 Å². The monoisotopic (exact) mass is 507 g/mol. The van der Waals surface area contributed by atoms with Crippen LogP contribution in [0, 0.1) is 0 Å². The summed E-state index contributed by atoms with van der Waals surface area (Å²) in [6.45, 7) is 11.3. The van der Waals surface area contributed by atoms with Gasteiger partial charge in [0.1, 0.15) is 12.2 Å². The zero-order valence-corrected chi connectivity index (χ0v) is 22.8. The number of benzene rings is 2. The van der Waals surface area contributed by atoms with E-state index in [0.29, 0.717) is 11.6 Å². The van der Waals surface area contributed by atoms with Crippen molar-refractivity contribution in [3.8, 4) is 0 Å². The molecular weight excluding hydrogens is 474 g/mol. The number of ether oxygens (including phenoxy) is 2. The normalized spacial score (nSPS) is 23.8. The molecule has 1 fully saturated rings. The fraction of sp³-hybridized carbons (Fsp3) is 0.379. The van der Waals surface area contributed by atoms with Gasteiger partial charge in [0.2, 0.25) is 0 Å². The van der Waals surface area contributed by atoms with Crippen molar-refractivity contribution in [1.29, 1.82) is 0 Å². The SMILES string of the molecule is CC1(C)O[C@@H]2[C@H](O1)C(CO[Si](c1ccccc1)(c1ccccc1)C(C)(C)C)=C[C@H]2n1ccc(Cl)c1. The highest BCUT2D eigenvalue weighted by molar-refractivity contribution is 6.99. The summed E-state index contributed by atoms with van der Waals surface area (Å²) in [5.41, 5.74) is 1.13. The summed E-state index contributed by atoms with van der Waals surface area (Å²) >= 11 is 6.25. The average molecular weight is 508 g/mol. The van der Waals surface area contributed by atoms with E-state index >= 15 is 0 Å². The van der Waals surface area contributed by atoms with Gasteiger partial charge in [0, 0.05) is 12.4 Å². The lowest BCUT2D eigenvalue weighted by atomic mass is 10.1. The zero-order chi connectivity index (χ0) is 24.8. The second-order valence-corrected chi connectivity index (χ2v) is 15.7. The lowest BCUT2D eigenvalue weighted by Crippen LogP contribution is -2.66. The standard InChI is InChI=1S/C29H34ClNO3Si/c1-28(2,3)35(23-12-8-6-9-13-23,24-14-10-7-11-15-24)32-20-21-18-25(31-17-16-22(30)19-31)27-26(21)33-29(4,5)34-27/h6-19,25-27H,20H2,1-5H3/t25-,26-,27+/m1/s1. The van der Waals surface area contributed by atoms with Crippen LogP contribution < -0.4 is 10.4 Å². The molecule has 35 heavy (non-hydrogen) atoms.